The molecule has 0 aromatic carbocycles. The largest absolute Gasteiger partial charge is 0.481 e. The van der Waals surface area contributed by atoms with Crippen molar-refractivity contribution in [2.24, 2.45) is 23.7 Å². The van der Waals surface area contributed by atoms with E-state index in [-0.39, 0.29) is 17.7 Å². The molecule has 1 heterocycles. The number of carbonyl (C=O) groups excluding carboxylic acids is 2. The van der Waals surface area contributed by atoms with Crippen molar-refractivity contribution in [3.05, 3.63) is 17.0 Å². The van der Waals surface area contributed by atoms with Gasteiger partial charge in [-0.05, 0) is 42.5 Å². The number of nitrogens with one attached hydrogen (secondary N) is 1. The smallest absolute Gasteiger partial charge is 0.340 e. The van der Waals surface area contributed by atoms with Gasteiger partial charge in [0.15, 0.2) is 0 Å². The molecule has 4 atom stereocenters. The molecule has 7 heteroatoms. The van der Waals surface area contributed by atoms with E-state index >= 15 is 0 Å². The third kappa shape index (κ3) is 2.39. The predicted molar refractivity (Wildman–Crippen MR) is 79.7 cm³/mol. The average molecular weight is 323 g/mol. The van der Waals surface area contributed by atoms with Crippen LogP contribution < -0.4 is 5.32 Å². The maximum Gasteiger partial charge on any atom is 0.340 e. The number of aliphatic carboxylic acids is 1. The Morgan fingerprint density at radius 3 is 2.59 bits per heavy atom. The van der Waals surface area contributed by atoms with Crippen molar-refractivity contribution in [2.45, 2.75) is 19.3 Å². The van der Waals surface area contributed by atoms with Gasteiger partial charge in [-0.1, -0.05) is 0 Å². The number of fused-ring (bicyclic) bond motifs is 2. The van der Waals surface area contributed by atoms with Crippen LogP contribution in [-0.2, 0) is 14.3 Å². The van der Waals surface area contributed by atoms with Crippen LogP contribution in [-0.4, -0.2) is 30.1 Å². The van der Waals surface area contributed by atoms with Crippen molar-refractivity contribution < 1.29 is 24.2 Å². The Bertz CT molecular complexity index is 625. The second kappa shape index (κ2) is 5.72. The Morgan fingerprint density at radius 1 is 1.27 bits per heavy atom. The van der Waals surface area contributed by atoms with E-state index < -0.39 is 23.8 Å². The molecule has 2 aliphatic carbocycles. The fourth-order valence-corrected chi connectivity index (χ4v) is 4.67. The molecule has 0 spiro atoms. The molecule has 2 bridgehead atoms. The predicted octanol–water partition coefficient (Wildman–Crippen LogP) is 2.22. The van der Waals surface area contributed by atoms with Crippen LogP contribution in [0.4, 0.5) is 5.00 Å². The van der Waals surface area contributed by atoms with Crippen LogP contribution in [0.5, 0.6) is 0 Å². The second-order valence-corrected chi connectivity index (χ2v) is 6.78. The van der Waals surface area contributed by atoms with Crippen molar-refractivity contribution in [3.8, 4) is 0 Å². The van der Waals surface area contributed by atoms with Gasteiger partial charge in [-0.2, -0.15) is 0 Å². The van der Waals surface area contributed by atoms with E-state index in [0.717, 1.165) is 19.3 Å². The van der Waals surface area contributed by atoms with Gasteiger partial charge in [-0.25, -0.2) is 4.79 Å². The molecule has 1 aromatic heterocycles. The number of carboxylic acids is 1. The average Bonchev–Trinajstić information content (AvgIpc) is 3.20. The highest BCUT2D eigenvalue weighted by Gasteiger charge is 2.54. The lowest BCUT2D eigenvalue weighted by atomic mass is 9.79. The summed E-state index contributed by atoms with van der Waals surface area (Å²) in [5.41, 5.74) is 0.302. The van der Waals surface area contributed by atoms with Crippen molar-refractivity contribution in [1.82, 2.24) is 0 Å². The number of hydrogen-bond donors (Lipinski definition) is 2. The van der Waals surface area contributed by atoms with Crippen molar-refractivity contribution >= 4 is 34.2 Å². The van der Waals surface area contributed by atoms with E-state index in [0.29, 0.717) is 10.6 Å². The Labute approximate surface area is 131 Å². The number of carboxylic acid groups (broad SMARTS) is 1. The van der Waals surface area contributed by atoms with Gasteiger partial charge in [0, 0.05) is 0 Å². The molecule has 3 rings (SSSR count). The first-order valence-electron chi connectivity index (χ1n) is 7.22. The molecule has 2 fully saturated rings. The number of hydrogen-bond acceptors (Lipinski definition) is 5. The highest BCUT2D eigenvalue weighted by molar-refractivity contribution is 7.14. The molecule has 1 aromatic rings. The summed E-state index contributed by atoms with van der Waals surface area (Å²) in [6, 6.07) is 1.58. The maximum absolute atomic E-state index is 12.6. The second-order valence-electron chi connectivity index (χ2n) is 5.87. The zero-order valence-electron chi connectivity index (χ0n) is 12.1. The molecule has 1 amide bonds. The highest BCUT2D eigenvalue weighted by Crippen LogP contribution is 2.52. The number of methoxy groups -OCH3 is 1. The van der Waals surface area contributed by atoms with Crippen LogP contribution in [0.1, 0.15) is 29.6 Å². The summed E-state index contributed by atoms with van der Waals surface area (Å²) in [5, 5.41) is 14.3. The summed E-state index contributed by atoms with van der Waals surface area (Å²) < 4.78 is 4.67. The van der Waals surface area contributed by atoms with Crippen LogP contribution in [0, 0.1) is 23.7 Å². The lowest BCUT2D eigenvalue weighted by Crippen LogP contribution is -2.37. The standard InChI is InChI=1S/C15H17NO5S/c1-21-15(20)9-4-5-22-13(9)16-12(17)10-7-2-3-8(6-7)11(10)14(18)19/h4-5,7-8,10-11H,2-3,6H2,1H3,(H,16,17)(H,18,19)/t7-,8-,10-,11-/m0/s1. The number of rotatable bonds is 4. The molecule has 6 nitrogen and oxygen atoms in total. The zero-order chi connectivity index (χ0) is 15.9. The minimum atomic E-state index is -0.897. The minimum Gasteiger partial charge on any atom is -0.481 e. The van der Waals surface area contributed by atoms with E-state index in [1.54, 1.807) is 11.4 Å². The Kier molecular flexibility index (Phi) is 3.90. The van der Waals surface area contributed by atoms with E-state index in [1.807, 2.05) is 0 Å². The SMILES string of the molecule is COC(=O)c1ccsc1NC(=O)[C@H]1[C@H]2CC[C@@H](C2)[C@@H]1C(=O)O. The Morgan fingerprint density at radius 2 is 1.95 bits per heavy atom. The van der Waals surface area contributed by atoms with Gasteiger partial charge in [0.05, 0.1) is 24.5 Å². The molecule has 0 saturated heterocycles. The van der Waals surface area contributed by atoms with Gasteiger partial charge in [0.25, 0.3) is 0 Å². The van der Waals surface area contributed by atoms with Crippen LogP contribution in [0.25, 0.3) is 0 Å². The van der Waals surface area contributed by atoms with Crippen molar-refractivity contribution in [3.63, 3.8) is 0 Å². The Hall–Kier alpha value is -1.89. The summed E-state index contributed by atoms with van der Waals surface area (Å²) in [6.07, 6.45) is 2.60. The molecule has 0 radical (unpaired) electrons. The number of ether oxygens (including phenoxy) is 1. The van der Waals surface area contributed by atoms with Gasteiger partial charge in [-0.15, -0.1) is 11.3 Å². The van der Waals surface area contributed by atoms with Crippen LogP contribution in [0.15, 0.2) is 11.4 Å². The number of thiophene rings is 1. The quantitative estimate of drug-likeness (QED) is 0.829. The summed E-state index contributed by atoms with van der Waals surface area (Å²) in [4.78, 5) is 35.7. The third-order valence-corrected chi connectivity index (χ3v) is 5.64. The summed E-state index contributed by atoms with van der Waals surface area (Å²) >= 11 is 1.23. The van der Waals surface area contributed by atoms with E-state index in [9.17, 15) is 19.5 Å². The van der Waals surface area contributed by atoms with Gasteiger partial charge in [-0.3, -0.25) is 9.59 Å². The number of amides is 1. The van der Waals surface area contributed by atoms with Crippen LogP contribution in [0.3, 0.4) is 0 Å². The van der Waals surface area contributed by atoms with Crippen molar-refractivity contribution in [2.75, 3.05) is 12.4 Å². The third-order valence-electron chi connectivity index (χ3n) is 4.81. The van der Waals surface area contributed by atoms with E-state index in [2.05, 4.69) is 10.1 Å². The maximum atomic E-state index is 12.6. The van der Waals surface area contributed by atoms with Gasteiger partial charge < -0.3 is 15.2 Å². The topological polar surface area (TPSA) is 92.7 Å². The van der Waals surface area contributed by atoms with Gasteiger partial charge in [0.2, 0.25) is 5.91 Å². The van der Waals surface area contributed by atoms with Crippen LogP contribution in [0.2, 0.25) is 0 Å². The molecule has 2 N–H and O–H groups in total. The first-order valence-corrected chi connectivity index (χ1v) is 8.10. The fraction of sp³-hybridized carbons (Fsp3) is 0.533. The number of carbonyl (C=O) groups is 3. The summed E-state index contributed by atoms with van der Waals surface area (Å²) in [5.74, 6) is -2.60. The number of esters is 1. The van der Waals surface area contributed by atoms with Crippen LogP contribution >= 0.6 is 11.3 Å². The summed E-state index contributed by atoms with van der Waals surface area (Å²) in [7, 11) is 1.28. The van der Waals surface area contributed by atoms with Crippen molar-refractivity contribution in [1.29, 1.82) is 0 Å². The molecule has 0 unspecified atom stereocenters. The Balaban J connectivity index is 1.79. The first-order chi connectivity index (χ1) is 10.5. The summed E-state index contributed by atoms with van der Waals surface area (Å²) in [6.45, 7) is 0. The minimum absolute atomic E-state index is 0.0988. The van der Waals surface area contributed by atoms with Gasteiger partial charge in [0.1, 0.15) is 5.00 Å². The normalized spacial score (nSPS) is 29.3. The molecule has 2 aliphatic rings. The molecule has 2 saturated carbocycles. The van der Waals surface area contributed by atoms with E-state index in [4.69, 9.17) is 0 Å². The lowest BCUT2D eigenvalue weighted by molar-refractivity contribution is -0.148. The van der Waals surface area contributed by atoms with Gasteiger partial charge >= 0.3 is 11.9 Å². The fourth-order valence-electron chi connectivity index (χ4n) is 3.90. The zero-order valence-corrected chi connectivity index (χ0v) is 12.9. The molecular formula is C15H17NO5S. The molecule has 22 heavy (non-hydrogen) atoms. The highest BCUT2D eigenvalue weighted by atomic mass is 32.1. The molecule has 118 valence electrons. The molecule has 0 aliphatic heterocycles. The lowest BCUT2D eigenvalue weighted by Gasteiger charge is -2.26. The van der Waals surface area contributed by atoms with E-state index in [1.165, 1.54) is 18.4 Å². The monoisotopic (exact) mass is 323 g/mol. The number of anilines is 1. The first kappa shape index (κ1) is 15.0. The molecular weight excluding hydrogens is 306 g/mol.